The summed E-state index contributed by atoms with van der Waals surface area (Å²) >= 11 is 0. The summed E-state index contributed by atoms with van der Waals surface area (Å²) in [7, 11) is 1.91. The van der Waals surface area contributed by atoms with Crippen molar-refractivity contribution in [2.24, 2.45) is 7.05 Å². The average molecular weight is 459 g/mol. The molecule has 3 aromatic rings. The smallest absolute Gasteiger partial charge is 0.255 e. The van der Waals surface area contributed by atoms with Crippen LogP contribution in [0.15, 0.2) is 30.5 Å². The summed E-state index contributed by atoms with van der Waals surface area (Å²) in [6.45, 7) is 3.39. The molecule has 0 saturated carbocycles. The van der Waals surface area contributed by atoms with E-state index >= 15 is 0 Å². The van der Waals surface area contributed by atoms with Gasteiger partial charge in [-0.15, -0.1) is 0 Å². The summed E-state index contributed by atoms with van der Waals surface area (Å²) in [6.07, 6.45) is 5.00. The van der Waals surface area contributed by atoms with Crippen LogP contribution in [0.2, 0.25) is 0 Å². The highest BCUT2D eigenvalue weighted by Crippen LogP contribution is 2.32. The summed E-state index contributed by atoms with van der Waals surface area (Å²) < 4.78 is 1.80. The Morgan fingerprint density at radius 2 is 1.94 bits per heavy atom. The minimum atomic E-state index is -0.613. The highest BCUT2D eigenvalue weighted by Gasteiger charge is 2.39. The lowest BCUT2D eigenvalue weighted by Crippen LogP contribution is -2.52. The summed E-state index contributed by atoms with van der Waals surface area (Å²) in [4.78, 5) is 45.8. The van der Waals surface area contributed by atoms with E-state index in [0.29, 0.717) is 18.5 Å². The van der Waals surface area contributed by atoms with Gasteiger partial charge in [0.05, 0.1) is 11.9 Å². The number of imide groups is 1. The van der Waals surface area contributed by atoms with Crippen LogP contribution in [0.25, 0.3) is 22.3 Å². The monoisotopic (exact) mass is 458 g/mol. The zero-order chi connectivity index (χ0) is 23.4. The first-order valence-electron chi connectivity index (χ1n) is 11.8. The van der Waals surface area contributed by atoms with Gasteiger partial charge in [0.25, 0.3) is 5.91 Å². The maximum absolute atomic E-state index is 13.0. The fraction of sp³-hybridized carbons (Fsp3) is 0.400. The summed E-state index contributed by atoms with van der Waals surface area (Å²) in [5.41, 5.74) is 6.21. The van der Waals surface area contributed by atoms with Gasteiger partial charge in [-0.25, -0.2) is 4.98 Å². The van der Waals surface area contributed by atoms with Crippen LogP contribution in [0.4, 0.5) is 0 Å². The Kier molecular flexibility index (Phi) is 4.95. The van der Waals surface area contributed by atoms with Crippen LogP contribution < -0.4 is 5.32 Å². The topological polar surface area (TPSA) is 100 Å². The van der Waals surface area contributed by atoms with E-state index in [0.717, 1.165) is 53.1 Å². The molecule has 2 aromatic heterocycles. The van der Waals surface area contributed by atoms with Gasteiger partial charge in [-0.1, -0.05) is 6.07 Å². The van der Waals surface area contributed by atoms with Gasteiger partial charge in [-0.3, -0.25) is 29.3 Å². The minimum absolute atomic E-state index is 0.165. The number of aryl methyl sites for hydroxylation is 1. The number of piperidine rings is 1. The maximum atomic E-state index is 13.0. The fourth-order valence-electron chi connectivity index (χ4n) is 5.37. The molecule has 5 heterocycles. The Morgan fingerprint density at radius 1 is 1.12 bits per heavy atom. The molecule has 1 unspecified atom stereocenters. The van der Waals surface area contributed by atoms with Gasteiger partial charge in [0.15, 0.2) is 0 Å². The van der Waals surface area contributed by atoms with Gasteiger partial charge >= 0.3 is 0 Å². The van der Waals surface area contributed by atoms with E-state index in [1.54, 1.807) is 9.58 Å². The van der Waals surface area contributed by atoms with E-state index in [4.69, 9.17) is 4.98 Å². The van der Waals surface area contributed by atoms with Crippen molar-refractivity contribution >= 4 is 28.8 Å². The maximum Gasteiger partial charge on any atom is 0.255 e. The van der Waals surface area contributed by atoms with Crippen molar-refractivity contribution < 1.29 is 14.4 Å². The van der Waals surface area contributed by atoms with Crippen molar-refractivity contribution in [3.63, 3.8) is 0 Å². The number of nitrogens with zero attached hydrogens (tertiary/aromatic N) is 5. The number of aromatic nitrogens is 3. The SMILES string of the molecule is Cn1cc2nc(-c3ccc4c(c3)CN(C3CCC(=O)NC3=O)C4=O)cc(CN3CCCC3)c2n1. The first-order chi connectivity index (χ1) is 16.5. The normalized spacial score (nSPS) is 20.9. The zero-order valence-electron chi connectivity index (χ0n) is 19.1. The van der Waals surface area contributed by atoms with E-state index in [1.807, 2.05) is 31.4 Å². The first-order valence-corrected chi connectivity index (χ1v) is 11.8. The summed E-state index contributed by atoms with van der Waals surface area (Å²) in [5.74, 6) is -0.844. The Bertz CT molecular complexity index is 1340. The van der Waals surface area contributed by atoms with Gasteiger partial charge in [0.1, 0.15) is 17.1 Å². The second kappa shape index (κ2) is 8.02. The van der Waals surface area contributed by atoms with Gasteiger partial charge < -0.3 is 4.90 Å². The molecular formula is C25H26N6O3. The minimum Gasteiger partial charge on any atom is -0.322 e. The van der Waals surface area contributed by atoms with Crippen LogP contribution in [0.3, 0.4) is 0 Å². The van der Waals surface area contributed by atoms with Crippen LogP contribution in [0, 0.1) is 0 Å². The van der Waals surface area contributed by atoms with Crippen molar-refractivity contribution in [3.05, 3.63) is 47.2 Å². The van der Waals surface area contributed by atoms with Crippen molar-refractivity contribution in [2.45, 2.75) is 44.8 Å². The Morgan fingerprint density at radius 3 is 2.74 bits per heavy atom. The van der Waals surface area contributed by atoms with Crippen molar-refractivity contribution in [2.75, 3.05) is 13.1 Å². The molecule has 6 rings (SSSR count). The molecule has 1 aromatic carbocycles. The molecule has 3 aliphatic rings. The highest BCUT2D eigenvalue weighted by molar-refractivity contribution is 6.05. The van der Waals surface area contributed by atoms with Gasteiger partial charge in [-0.2, -0.15) is 5.10 Å². The quantitative estimate of drug-likeness (QED) is 0.600. The molecule has 1 atom stereocenters. The Balaban J connectivity index is 1.33. The lowest BCUT2D eigenvalue weighted by atomic mass is 10.0. The lowest BCUT2D eigenvalue weighted by Gasteiger charge is -2.29. The molecule has 9 nitrogen and oxygen atoms in total. The third kappa shape index (κ3) is 3.56. The number of rotatable bonds is 4. The number of hydrogen-bond acceptors (Lipinski definition) is 6. The number of carbonyl (C=O) groups is 3. The molecule has 0 aliphatic carbocycles. The number of likely N-dealkylation sites (tertiary alicyclic amines) is 1. The highest BCUT2D eigenvalue weighted by atomic mass is 16.2. The number of hydrogen-bond donors (Lipinski definition) is 1. The number of pyridine rings is 1. The fourth-order valence-corrected chi connectivity index (χ4v) is 5.37. The number of benzene rings is 1. The predicted molar refractivity (Wildman–Crippen MR) is 125 cm³/mol. The number of nitrogens with one attached hydrogen (secondary N) is 1. The van der Waals surface area contributed by atoms with Crippen LogP contribution >= 0.6 is 0 Å². The second-order valence-electron chi connectivity index (χ2n) is 9.46. The van der Waals surface area contributed by atoms with Crippen molar-refractivity contribution in [3.8, 4) is 11.3 Å². The van der Waals surface area contributed by atoms with Crippen LogP contribution in [0.1, 0.15) is 47.2 Å². The van der Waals surface area contributed by atoms with Gasteiger partial charge in [-0.05, 0) is 61.7 Å². The zero-order valence-corrected chi connectivity index (χ0v) is 19.1. The second-order valence-corrected chi connectivity index (χ2v) is 9.46. The molecule has 174 valence electrons. The average Bonchev–Trinajstić information content (AvgIpc) is 3.53. The molecule has 2 fully saturated rings. The molecule has 34 heavy (non-hydrogen) atoms. The van der Waals surface area contributed by atoms with Crippen LogP contribution in [-0.2, 0) is 29.7 Å². The van der Waals surface area contributed by atoms with Crippen molar-refractivity contribution in [1.82, 2.24) is 29.9 Å². The lowest BCUT2D eigenvalue weighted by molar-refractivity contribution is -0.136. The predicted octanol–water partition coefficient (Wildman–Crippen LogP) is 1.99. The van der Waals surface area contributed by atoms with Crippen LogP contribution in [0.5, 0.6) is 0 Å². The molecular weight excluding hydrogens is 432 g/mol. The molecule has 0 radical (unpaired) electrons. The number of amides is 3. The van der Waals surface area contributed by atoms with E-state index in [2.05, 4.69) is 21.4 Å². The number of carbonyl (C=O) groups excluding carboxylic acids is 3. The largest absolute Gasteiger partial charge is 0.322 e. The number of fused-ring (bicyclic) bond motifs is 2. The van der Waals surface area contributed by atoms with E-state index in [1.165, 1.54) is 12.8 Å². The Labute approximate surface area is 196 Å². The molecule has 2 saturated heterocycles. The van der Waals surface area contributed by atoms with Gasteiger partial charge in [0, 0.05) is 37.7 Å². The standard InChI is InChI=1S/C25H26N6O3/c1-29-14-20-23(28-29)17(12-30-8-2-3-9-30)11-19(26-20)15-4-5-18-16(10-15)13-31(25(18)34)21-6-7-22(32)27-24(21)33/h4-5,10-11,14,21H,2-3,6-9,12-13H2,1H3,(H,27,32,33). The van der Waals surface area contributed by atoms with E-state index < -0.39 is 11.9 Å². The molecule has 0 bridgehead atoms. The van der Waals surface area contributed by atoms with E-state index in [-0.39, 0.29) is 18.2 Å². The Hall–Kier alpha value is -3.59. The summed E-state index contributed by atoms with van der Waals surface area (Å²) in [5, 5.41) is 7.00. The first kappa shape index (κ1) is 21.0. The molecule has 3 amide bonds. The van der Waals surface area contributed by atoms with Crippen molar-refractivity contribution in [1.29, 1.82) is 0 Å². The van der Waals surface area contributed by atoms with Gasteiger partial charge in [0.2, 0.25) is 11.8 Å². The van der Waals surface area contributed by atoms with E-state index in [9.17, 15) is 14.4 Å². The van der Waals surface area contributed by atoms with Crippen LogP contribution in [-0.4, -0.2) is 61.4 Å². The molecule has 9 heteroatoms. The molecule has 1 N–H and O–H groups in total. The third-order valence-corrected chi connectivity index (χ3v) is 7.08. The third-order valence-electron chi connectivity index (χ3n) is 7.08. The molecule has 0 spiro atoms. The summed E-state index contributed by atoms with van der Waals surface area (Å²) in [6, 6.07) is 7.26. The molecule has 3 aliphatic heterocycles.